The van der Waals surface area contributed by atoms with Gasteiger partial charge in [-0.15, -0.1) is 0 Å². The zero-order valence-corrected chi connectivity index (χ0v) is 11.3. The average Bonchev–Trinajstić information content (AvgIpc) is 2.64. The van der Waals surface area contributed by atoms with E-state index in [1.807, 2.05) is 43.3 Å². The first-order valence-electron chi connectivity index (χ1n) is 6.15. The van der Waals surface area contributed by atoms with E-state index in [4.69, 9.17) is 0 Å². The number of rotatable bonds is 3. The number of carbonyl (C=O) groups is 2. The van der Waals surface area contributed by atoms with Gasteiger partial charge in [0, 0.05) is 26.3 Å². The highest BCUT2D eigenvalue weighted by Gasteiger charge is 2.31. The summed E-state index contributed by atoms with van der Waals surface area (Å²) in [5.74, 6) is -0.274. The summed E-state index contributed by atoms with van der Waals surface area (Å²) >= 11 is 0. The van der Waals surface area contributed by atoms with Crippen LogP contribution in [0.2, 0.25) is 0 Å². The zero-order valence-electron chi connectivity index (χ0n) is 11.3. The molecular formula is C14H17N3O2. The molecule has 5 heteroatoms. The summed E-state index contributed by atoms with van der Waals surface area (Å²) in [5.41, 5.74) is 2.29. The van der Waals surface area contributed by atoms with E-state index in [0.29, 0.717) is 12.2 Å². The number of benzene rings is 1. The van der Waals surface area contributed by atoms with Crippen molar-refractivity contribution >= 4 is 23.7 Å². The lowest BCUT2D eigenvalue weighted by molar-refractivity contribution is -0.122. The van der Waals surface area contributed by atoms with Crippen molar-refractivity contribution in [2.75, 3.05) is 25.5 Å². The van der Waals surface area contributed by atoms with Crippen LogP contribution in [-0.2, 0) is 4.79 Å². The number of likely N-dealkylation sites (N-methyl/N-ethyl adjacent to an activating group) is 1. The van der Waals surface area contributed by atoms with Crippen LogP contribution in [-0.4, -0.2) is 37.5 Å². The van der Waals surface area contributed by atoms with E-state index in [2.05, 4.69) is 5.32 Å². The van der Waals surface area contributed by atoms with Crippen molar-refractivity contribution in [3.63, 3.8) is 0 Å². The third-order valence-corrected chi connectivity index (χ3v) is 3.00. The first kappa shape index (κ1) is 13.1. The molecule has 100 valence electrons. The molecule has 1 fully saturated rings. The van der Waals surface area contributed by atoms with E-state index >= 15 is 0 Å². The number of carbonyl (C=O) groups excluding carboxylic acids is 2. The highest BCUT2D eigenvalue weighted by molar-refractivity contribution is 6.13. The smallest absolute Gasteiger partial charge is 0.328 e. The molecule has 0 unspecified atom stereocenters. The van der Waals surface area contributed by atoms with Crippen molar-refractivity contribution < 1.29 is 9.59 Å². The standard InChI is InChI=1S/C14H17N3O2/c1-4-17-13(18)12(15-14(17)19)9-10-5-7-11(8-6-10)16(2)3/h5-9H,4H2,1-3H3,(H,15,19)/b12-9-. The number of nitrogens with zero attached hydrogens (tertiary/aromatic N) is 2. The minimum atomic E-state index is -0.358. The predicted octanol–water partition coefficient (Wildman–Crippen LogP) is 1.67. The van der Waals surface area contributed by atoms with E-state index in [1.54, 1.807) is 13.0 Å². The lowest BCUT2D eigenvalue weighted by Gasteiger charge is -2.11. The van der Waals surface area contributed by atoms with Gasteiger partial charge < -0.3 is 10.2 Å². The lowest BCUT2D eigenvalue weighted by Crippen LogP contribution is -2.30. The average molecular weight is 259 g/mol. The number of nitrogens with one attached hydrogen (secondary N) is 1. The Morgan fingerprint density at radius 3 is 2.32 bits per heavy atom. The van der Waals surface area contributed by atoms with Gasteiger partial charge in [0.1, 0.15) is 5.70 Å². The Kier molecular flexibility index (Phi) is 3.55. The molecule has 1 aromatic rings. The maximum absolute atomic E-state index is 11.9. The minimum absolute atomic E-state index is 0.274. The molecule has 1 aromatic carbocycles. The van der Waals surface area contributed by atoms with E-state index < -0.39 is 0 Å². The molecule has 0 radical (unpaired) electrons. The van der Waals surface area contributed by atoms with Crippen LogP contribution < -0.4 is 10.2 Å². The number of urea groups is 1. The fraction of sp³-hybridized carbons (Fsp3) is 0.286. The summed E-state index contributed by atoms with van der Waals surface area (Å²) in [4.78, 5) is 26.6. The zero-order chi connectivity index (χ0) is 14.0. The first-order chi connectivity index (χ1) is 9.02. The van der Waals surface area contributed by atoms with E-state index in [-0.39, 0.29) is 11.9 Å². The maximum atomic E-state index is 11.9. The van der Waals surface area contributed by atoms with Gasteiger partial charge in [0.25, 0.3) is 5.91 Å². The van der Waals surface area contributed by atoms with Crippen LogP contribution in [0.1, 0.15) is 12.5 Å². The second kappa shape index (κ2) is 5.14. The summed E-state index contributed by atoms with van der Waals surface area (Å²) in [6, 6.07) is 7.40. The van der Waals surface area contributed by atoms with Gasteiger partial charge in [-0.2, -0.15) is 0 Å². The van der Waals surface area contributed by atoms with Crippen molar-refractivity contribution in [3.8, 4) is 0 Å². The Morgan fingerprint density at radius 1 is 1.21 bits per heavy atom. The molecule has 19 heavy (non-hydrogen) atoms. The first-order valence-corrected chi connectivity index (χ1v) is 6.15. The highest BCUT2D eigenvalue weighted by Crippen LogP contribution is 2.17. The fourth-order valence-corrected chi connectivity index (χ4v) is 1.89. The Bertz CT molecular complexity index is 532. The molecule has 0 atom stereocenters. The summed E-state index contributed by atoms with van der Waals surface area (Å²) < 4.78 is 0. The third-order valence-electron chi connectivity index (χ3n) is 3.00. The summed E-state index contributed by atoms with van der Waals surface area (Å²) in [6.45, 7) is 2.15. The van der Waals surface area contributed by atoms with Crippen molar-refractivity contribution in [2.45, 2.75) is 6.92 Å². The van der Waals surface area contributed by atoms with E-state index in [9.17, 15) is 9.59 Å². The van der Waals surface area contributed by atoms with Crippen molar-refractivity contribution in [2.24, 2.45) is 0 Å². The molecule has 0 aromatic heterocycles. The number of anilines is 1. The van der Waals surface area contributed by atoms with E-state index in [1.165, 1.54) is 4.90 Å². The molecule has 0 spiro atoms. The van der Waals surface area contributed by atoms with Crippen molar-refractivity contribution in [1.29, 1.82) is 0 Å². The third kappa shape index (κ3) is 2.59. The van der Waals surface area contributed by atoms with Crippen LogP contribution in [0, 0.1) is 0 Å². The van der Waals surface area contributed by atoms with Crippen LogP contribution in [0.3, 0.4) is 0 Å². The molecule has 1 heterocycles. The van der Waals surface area contributed by atoms with E-state index in [0.717, 1.165) is 11.3 Å². The molecule has 1 N–H and O–H groups in total. The second-order valence-electron chi connectivity index (χ2n) is 4.52. The highest BCUT2D eigenvalue weighted by atomic mass is 16.2. The van der Waals surface area contributed by atoms with Crippen LogP contribution >= 0.6 is 0 Å². The number of hydrogen-bond donors (Lipinski definition) is 1. The Hall–Kier alpha value is -2.30. The summed E-state index contributed by atoms with van der Waals surface area (Å²) in [5, 5.41) is 2.58. The topological polar surface area (TPSA) is 52.7 Å². The SMILES string of the molecule is CCN1C(=O)N/C(=C\c2ccc(N(C)C)cc2)C1=O. The van der Waals surface area contributed by atoms with Gasteiger partial charge in [-0.3, -0.25) is 9.69 Å². The van der Waals surface area contributed by atoms with Gasteiger partial charge in [-0.05, 0) is 30.7 Å². The molecular weight excluding hydrogens is 242 g/mol. The Balaban J connectivity index is 2.22. The van der Waals surface area contributed by atoms with Gasteiger partial charge in [-0.25, -0.2) is 4.79 Å². The van der Waals surface area contributed by atoms with Gasteiger partial charge >= 0.3 is 6.03 Å². The van der Waals surface area contributed by atoms with Gasteiger partial charge in [0.05, 0.1) is 0 Å². The molecule has 2 rings (SSSR count). The molecule has 1 aliphatic heterocycles. The van der Waals surface area contributed by atoms with Crippen LogP contribution in [0.25, 0.3) is 6.08 Å². The van der Waals surface area contributed by atoms with Crippen molar-refractivity contribution in [3.05, 3.63) is 35.5 Å². The predicted molar refractivity (Wildman–Crippen MR) is 74.7 cm³/mol. The molecule has 3 amide bonds. The minimum Gasteiger partial charge on any atom is -0.378 e. The normalized spacial score (nSPS) is 17.0. The molecule has 0 aliphatic carbocycles. The van der Waals surface area contributed by atoms with Crippen LogP contribution in [0.4, 0.5) is 10.5 Å². The monoisotopic (exact) mass is 259 g/mol. The molecule has 0 saturated carbocycles. The molecule has 1 aliphatic rings. The lowest BCUT2D eigenvalue weighted by atomic mass is 10.1. The van der Waals surface area contributed by atoms with Crippen LogP contribution in [0.15, 0.2) is 30.0 Å². The Morgan fingerprint density at radius 2 is 1.84 bits per heavy atom. The van der Waals surface area contributed by atoms with Gasteiger partial charge in [-0.1, -0.05) is 12.1 Å². The Labute approximate surface area is 112 Å². The summed E-state index contributed by atoms with van der Waals surface area (Å²) in [6.07, 6.45) is 1.69. The van der Waals surface area contributed by atoms with Crippen molar-refractivity contribution in [1.82, 2.24) is 10.2 Å². The molecule has 0 bridgehead atoms. The molecule has 5 nitrogen and oxygen atoms in total. The second-order valence-corrected chi connectivity index (χ2v) is 4.52. The summed E-state index contributed by atoms with van der Waals surface area (Å²) in [7, 11) is 3.93. The van der Waals surface area contributed by atoms with Gasteiger partial charge in [0.2, 0.25) is 0 Å². The number of amides is 3. The largest absolute Gasteiger partial charge is 0.378 e. The number of hydrogen-bond acceptors (Lipinski definition) is 3. The fourth-order valence-electron chi connectivity index (χ4n) is 1.89. The maximum Gasteiger partial charge on any atom is 0.328 e. The number of imide groups is 1. The van der Waals surface area contributed by atoms with Gasteiger partial charge in [0.15, 0.2) is 0 Å². The van der Waals surface area contributed by atoms with Crippen LogP contribution in [0.5, 0.6) is 0 Å². The molecule has 1 saturated heterocycles. The quantitative estimate of drug-likeness (QED) is 0.663.